The zero-order chi connectivity index (χ0) is 15.3. The largest absolute Gasteiger partial charge is 0.313 e. The van der Waals surface area contributed by atoms with Crippen LogP contribution in [0, 0.1) is 6.92 Å². The summed E-state index contributed by atoms with van der Waals surface area (Å²) in [5.41, 5.74) is 1.64. The van der Waals surface area contributed by atoms with Gasteiger partial charge in [-0.05, 0) is 30.7 Å². The van der Waals surface area contributed by atoms with Crippen molar-refractivity contribution >= 4 is 10.0 Å². The number of hydrogen-bond acceptors (Lipinski definition) is 5. The summed E-state index contributed by atoms with van der Waals surface area (Å²) in [5, 5.41) is 9.48. The molecule has 0 saturated carbocycles. The van der Waals surface area contributed by atoms with Gasteiger partial charge in [0.25, 0.3) is 0 Å². The first-order valence-electron chi connectivity index (χ1n) is 6.67. The van der Waals surface area contributed by atoms with Crippen molar-refractivity contribution in [2.45, 2.75) is 31.8 Å². The monoisotopic (exact) mass is 309 g/mol. The van der Waals surface area contributed by atoms with Crippen molar-refractivity contribution in [1.29, 1.82) is 0 Å². The molecule has 3 N–H and O–H groups in total. The molecule has 0 bridgehead atoms. The SMILES string of the molecule is CCNCc1ccc(C)c(S(=O)(=O)NCc2ncn[nH]2)c1. The summed E-state index contributed by atoms with van der Waals surface area (Å²) in [6.45, 7) is 5.34. The molecule has 0 unspecified atom stereocenters. The van der Waals surface area contributed by atoms with Gasteiger partial charge < -0.3 is 5.32 Å². The van der Waals surface area contributed by atoms with Gasteiger partial charge in [0.05, 0.1) is 11.4 Å². The lowest BCUT2D eigenvalue weighted by atomic mass is 10.1. The Kier molecular flexibility index (Phi) is 5.05. The predicted molar refractivity (Wildman–Crippen MR) is 79.0 cm³/mol. The van der Waals surface area contributed by atoms with Crippen molar-refractivity contribution in [3.63, 3.8) is 0 Å². The molecule has 2 rings (SSSR count). The first-order valence-corrected chi connectivity index (χ1v) is 8.15. The number of sulfonamides is 1. The molecule has 8 heteroatoms. The predicted octanol–water partition coefficient (Wildman–Crippen LogP) is 0.701. The van der Waals surface area contributed by atoms with E-state index >= 15 is 0 Å². The molecule has 0 aliphatic heterocycles. The van der Waals surface area contributed by atoms with E-state index in [9.17, 15) is 8.42 Å². The van der Waals surface area contributed by atoms with Crippen LogP contribution in [0.5, 0.6) is 0 Å². The fraction of sp³-hybridized carbons (Fsp3) is 0.385. The third-order valence-corrected chi connectivity index (χ3v) is 4.56. The second-order valence-corrected chi connectivity index (χ2v) is 6.37. The summed E-state index contributed by atoms with van der Waals surface area (Å²) >= 11 is 0. The number of rotatable bonds is 7. The molecule has 0 amide bonds. The van der Waals surface area contributed by atoms with Crippen LogP contribution < -0.4 is 10.0 Å². The van der Waals surface area contributed by atoms with Crippen LogP contribution >= 0.6 is 0 Å². The first-order chi connectivity index (χ1) is 10.0. The van der Waals surface area contributed by atoms with E-state index in [1.165, 1.54) is 6.33 Å². The van der Waals surface area contributed by atoms with Crippen LogP contribution in [0.25, 0.3) is 0 Å². The molecule has 0 aliphatic rings. The molecule has 0 spiro atoms. The Morgan fingerprint density at radius 2 is 2.10 bits per heavy atom. The minimum atomic E-state index is -3.58. The number of aromatic nitrogens is 3. The number of nitrogens with one attached hydrogen (secondary N) is 3. The molecule has 0 atom stereocenters. The van der Waals surface area contributed by atoms with E-state index in [1.807, 2.05) is 19.1 Å². The van der Waals surface area contributed by atoms with E-state index in [2.05, 4.69) is 25.2 Å². The Balaban J connectivity index is 2.17. The van der Waals surface area contributed by atoms with Gasteiger partial charge in [0.15, 0.2) is 0 Å². The molecule has 2 aromatic rings. The van der Waals surface area contributed by atoms with Crippen molar-refractivity contribution in [2.75, 3.05) is 6.54 Å². The van der Waals surface area contributed by atoms with E-state index in [0.29, 0.717) is 17.9 Å². The molecule has 1 heterocycles. The summed E-state index contributed by atoms with van der Waals surface area (Å²) in [4.78, 5) is 4.18. The minimum absolute atomic E-state index is 0.0826. The highest BCUT2D eigenvalue weighted by Crippen LogP contribution is 2.17. The summed E-state index contributed by atoms with van der Waals surface area (Å²) in [6, 6.07) is 5.43. The summed E-state index contributed by atoms with van der Waals surface area (Å²) in [6.07, 6.45) is 1.34. The molecular weight excluding hydrogens is 290 g/mol. The number of nitrogens with zero attached hydrogens (tertiary/aromatic N) is 2. The van der Waals surface area contributed by atoms with Gasteiger partial charge in [-0.3, -0.25) is 5.10 Å². The lowest BCUT2D eigenvalue weighted by molar-refractivity contribution is 0.578. The Bertz CT molecular complexity index is 683. The van der Waals surface area contributed by atoms with Crippen molar-refractivity contribution < 1.29 is 8.42 Å². The van der Waals surface area contributed by atoms with Crippen LogP contribution in [0.3, 0.4) is 0 Å². The van der Waals surface area contributed by atoms with E-state index < -0.39 is 10.0 Å². The maximum Gasteiger partial charge on any atom is 0.241 e. The van der Waals surface area contributed by atoms with Gasteiger partial charge in [-0.2, -0.15) is 5.10 Å². The van der Waals surface area contributed by atoms with Crippen LogP contribution in [-0.4, -0.2) is 30.1 Å². The highest BCUT2D eigenvalue weighted by atomic mass is 32.2. The van der Waals surface area contributed by atoms with Crippen molar-refractivity contribution in [1.82, 2.24) is 25.2 Å². The molecule has 0 radical (unpaired) electrons. The Morgan fingerprint density at radius 1 is 1.29 bits per heavy atom. The number of benzene rings is 1. The maximum atomic E-state index is 12.4. The maximum absolute atomic E-state index is 12.4. The van der Waals surface area contributed by atoms with Gasteiger partial charge in [0.1, 0.15) is 12.2 Å². The van der Waals surface area contributed by atoms with E-state index in [4.69, 9.17) is 0 Å². The molecule has 7 nitrogen and oxygen atoms in total. The van der Waals surface area contributed by atoms with E-state index in [-0.39, 0.29) is 11.4 Å². The standard InChI is InChI=1S/C13H19N5O2S/c1-3-14-7-11-5-4-10(2)12(6-11)21(19,20)17-8-13-15-9-16-18-13/h4-6,9,14,17H,3,7-8H2,1-2H3,(H,15,16,18). The molecule has 21 heavy (non-hydrogen) atoms. The first kappa shape index (κ1) is 15.6. The summed E-state index contributed by atoms with van der Waals surface area (Å²) < 4.78 is 27.3. The van der Waals surface area contributed by atoms with Gasteiger partial charge >= 0.3 is 0 Å². The van der Waals surface area contributed by atoms with Gasteiger partial charge in [0, 0.05) is 6.54 Å². The molecule has 0 saturated heterocycles. The zero-order valence-corrected chi connectivity index (χ0v) is 12.9. The normalized spacial score (nSPS) is 11.7. The van der Waals surface area contributed by atoms with Crippen LogP contribution in [0.15, 0.2) is 29.4 Å². The Labute approximate surface area is 124 Å². The lowest BCUT2D eigenvalue weighted by Crippen LogP contribution is -2.25. The fourth-order valence-corrected chi connectivity index (χ4v) is 3.15. The second kappa shape index (κ2) is 6.79. The number of aromatic amines is 1. The van der Waals surface area contributed by atoms with E-state index in [0.717, 1.165) is 12.1 Å². The van der Waals surface area contributed by atoms with Crippen LogP contribution in [0.4, 0.5) is 0 Å². The summed E-state index contributed by atoms with van der Waals surface area (Å²) in [5.74, 6) is 0.472. The summed E-state index contributed by atoms with van der Waals surface area (Å²) in [7, 11) is -3.58. The van der Waals surface area contributed by atoms with E-state index in [1.54, 1.807) is 13.0 Å². The molecule has 114 valence electrons. The van der Waals surface area contributed by atoms with Crippen molar-refractivity contribution in [3.8, 4) is 0 Å². The smallest absolute Gasteiger partial charge is 0.241 e. The molecule has 0 fully saturated rings. The average molecular weight is 309 g/mol. The highest BCUT2D eigenvalue weighted by molar-refractivity contribution is 7.89. The Morgan fingerprint density at radius 3 is 2.76 bits per heavy atom. The highest BCUT2D eigenvalue weighted by Gasteiger charge is 2.17. The molecular formula is C13H19N5O2S. The molecule has 0 aliphatic carbocycles. The topological polar surface area (TPSA) is 99.8 Å². The molecule has 1 aromatic heterocycles. The quantitative estimate of drug-likeness (QED) is 0.699. The second-order valence-electron chi connectivity index (χ2n) is 4.64. The average Bonchev–Trinajstić information content (AvgIpc) is 2.97. The number of H-pyrrole nitrogens is 1. The fourth-order valence-electron chi connectivity index (χ4n) is 1.87. The Hall–Kier alpha value is -1.77. The minimum Gasteiger partial charge on any atom is -0.313 e. The van der Waals surface area contributed by atoms with Gasteiger partial charge in [-0.15, -0.1) is 0 Å². The van der Waals surface area contributed by atoms with Crippen molar-refractivity contribution in [2.24, 2.45) is 0 Å². The third-order valence-electron chi connectivity index (χ3n) is 3.02. The van der Waals surface area contributed by atoms with Crippen LogP contribution in [-0.2, 0) is 23.1 Å². The van der Waals surface area contributed by atoms with Gasteiger partial charge in [-0.1, -0.05) is 19.1 Å². The van der Waals surface area contributed by atoms with Gasteiger partial charge in [-0.25, -0.2) is 18.1 Å². The van der Waals surface area contributed by atoms with Crippen LogP contribution in [0.2, 0.25) is 0 Å². The zero-order valence-electron chi connectivity index (χ0n) is 12.0. The number of hydrogen-bond donors (Lipinski definition) is 3. The van der Waals surface area contributed by atoms with Crippen LogP contribution in [0.1, 0.15) is 23.9 Å². The van der Waals surface area contributed by atoms with Gasteiger partial charge in [0.2, 0.25) is 10.0 Å². The number of aryl methyl sites for hydroxylation is 1. The van der Waals surface area contributed by atoms with Crippen molar-refractivity contribution in [3.05, 3.63) is 41.5 Å². The lowest BCUT2D eigenvalue weighted by Gasteiger charge is -2.11. The third kappa shape index (κ3) is 4.10. The molecule has 1 aromatic carbocycles.